The maximum atomic E-state index is 12.5. The van der Waals surface area contributed by atoms with Gasteiger partial charge in [0.2, 0.25) is 6.10 Å². The van der Waals surface area contributed by atoms with Crippen LogP contribution in [0.4, 0.5) is 0 Å². The van der Waals surface area contributed by atoms with Crippen molar-refractivity contribution < 1.29 is 28.9 Å². The normalized spacial score (nSPS) is 12.7. The van der Waals surface area contributed by atoms with Gasteiger partial charge in [0.1, 0.15) is 11.5 Å². The Kier molecular flexibility index (Phi) is 6.60. The quantitative estimate of drug-likeness (QED) is 0.766. The molecule has 0 saturated carbocycles. The summed E-state index contributed by atoms with van der Waals surface area (Å²) in [5.41, 5.74) is 1.45. The number of carbonyl (C=O) groups excluding carboxylic acids is 2. The average molecular weight is 358 g/mol. The van der Waals surface area contributed by atoms with Crippen LogP contribution in [-0.2, 0) is 19.1 Å². The Morgan fingerprint density at radius 3 is 2.00 bits per heavy atom. The Bertz CT molecular complexity index is 736. The number of aromatic hydroxyl groups is 1. The molecule has 26 heavy (non-hydrogen) atoms. The van der Waals surface area contributed by atoms with E-state index < -0.39 is 24.0 Å². The Balaban J connectivity index is 2.52. The van der Waals surface area contributed by atoms with E-state index in [1.54, 1.807) is 50.4 Å². The van der Waals surface area contributed by atoms with Crippen LogP contribution in [0.3, 0.4) is 0 Å². The minimum absolute atomic E-state index is 0.0994. The van der Waals surface area contributed by atoms with Crippen molar-refractivity contribution in [2.24, 2.45) is 0 Å². The Hall–Kier alpha value is -3.02. The molecule has 0 heterocycles. The molecule has 2 aromatic rings. The first-order chi connectivity index (χ1) is 12.5. The monoisotopic (exact) mass is 358 g/mol. The van der Waals surface area contributed by atoms with Gasteiger partial charge in [0.05, 0.1) is 19.6 Å². The molecule has 0 fully saturated rings. The van der Waals surface area contributed by atoms with E-state index >= 15 is 0 Å². The number of phenols is 1. The van der Waals surface area contributed by atoms with Crippen molar-refractivity contribution in [1.82, 2.24) is 0 Å². The zero-order valence-corrected chi connectivity index (χ0v) is 15.0. The van der Waals surface area contributed by atoms with Crippen LogP contribution in [0, 0.1) is 0 Å². The highest BCUT2D eigenvalue weighted by Crippen LogP contribution is 2.33. The number of benzene rings is 2. The van der Waals surface area contributed by atoms with E-state index in [2.05, 4.69) is 0 Å². The van der Waals surface area contributed by atoms with Gasteiger partial charge < -0.3 is 19.3 Å². The lowest BCUT2D eigenvalue weighted by molar-refractivity contribution is -0.167. The van der Waals surface area contributed by atoms with Crippen molar-refractivity contribution in [2.75, 3.05) is 13.7 Å². The fourth-order valence-corrected chi connectivity index (χ4v) is 2.69. The lowest BCUT2D eigenvalue weighted by Gasteiger charge is -2.26. The largest absolute Gasteiger partial charge is 0.508 e. The molecule has 0 aliphatic heterocycles. The van der Waals surface area contributed by atoms with Gasteiger partial charge in [-0.2, -0.15) is 0 Å². The van der Waals surface area contributed by atoms with Gasteiger partial charge in [0.15, 0.2) is 0 Å². The van der Waals surface area contributed by atoms with Gasteiger partial charge in [-0.25, -0.2) is 4.79 Å². The van der Waals surface area contributed by atoms with E-state index in [9.17, 15) is 14.7 Å². The van der Waals surface area contributed by atoms with Crippen LogP contribution in [0.2, 0.25) is 0 Å². The van der Waals surface area contributed by atoms with Crippen LogP contribution >= 0.6 is 0 Å². The van der Waals surface area contributed by atoms with Gasteiger partial charge in [-0.3, -0.25) is 4.79 Å². The van der Waals surface area contributed by atoms with Crippen LogP contribution < -0.4 is 4.74 Å². The average Bonchev–Trinajstić information content (AvgIpc) is 2.63. The minimum Gasteiger partial charge on any atom is -0.508 e. The van der Waals surface area contributed by atoms with E-state index in [4.69, 9.17) is 14.2 Å². The first-order valence-corrected chi connectivity index (χ1v) is 8.23. The molecule has 2 atom stereocenters. The third-order valence-electron chi connectivity index (χ3n) is 3.84. The van der Waals surface area contributed by atoms with Crippen LogP contribution in [0.25, 0.3) is 0 Å². The molecule has 0 aliphatic carbocycles. The number of ether oxygens (including phenoxy) is 3. The third-order valence-corrected chi connectivity index (χ3v) is 3.84. The first-order valence-electron chi connectivity index (χ1n) is 8.23. The van der Waals surface area contributed by atoms with Crippen LogP contribution in [0.15, 0.2) is 48.5 Å². The van der Waals surface area contributed by atoms with E-state index in [-0.39, 0.29) is 12.4 Å². The second-order valence-corrected chi connectivity index (χ2v) is 5.62. The summed E-state index contributed by atoms with van der Waals surface area (Å²) in [4.78, 5) is 24.1. The number of esters is 2. The summed E-state index contributed by atoms with van der Waals surface area (Å²) in [7, 11) is 1.56. The molecule has 138 valence electrons. The highest BCUT2D eigenvalue weighted by Gasteiger charge is 2.35. The highest BCUT2D eigenvalue weighted by molar-refractivity contribution is 5.80. The maximum absolute atomic E-state index is 12.5. The summed E-state index contributed by atoms with van der Waals surface area (Å²) < 4.78 is 15.6. The van der Waals surface area contributed by atoms with E-state index in [1.807, 2.05) is 0 Å². The number of hydrogen-bond acceptors (Lipinski definition) is 6. The van der Waals surface area contributed by atoms with Crippen molar-refractivity contribution in [3.05, 3.63) is 59.7 Å². The lowest BCUT2D eigenvalue weighted by Crippen LogP contribution is -2.35. The van der Waals surface area contributed by atoms with Crippen molar-refractivity contribution in [3.8, 4) is 11.5 Å². The van der Waals surface area contributed by atoms with E-state index in [0.717, 1.165) is 5.56 Å². The predicted molar refractivity (Wildman–Crippen MR) is 95.1 cm³/mol. The van der Waals surface area contributed by atoms with E-state index in [0.29, 0.717) is 11.3 Å². The summed E-state index contributed by atoms with van der Waals surface area (Å²) in [6.45, 7) is 3.10. The standard InChI is InChI=1S/C20H22O6/c1-4-25-20(23)19(26-13(2)21)18(14-5-9-16(22)10-6-14)15-7-11-17(24-3)12-8-15/h5-12,18-19,22H,4H2,1-3H3/t18-,19-/m1/s1. The van der Waals surface area contributed by atoms with Crippen LogP contribution in [-0.4, -0.2) is 36.9 Å². The number of methoxy groups -OCH3 is 1. The van der Waals surface area contributed by atoms with E-state index in [1.165, 1.54) is 19.1 Å². The summed E-state index contributed by atoms with van der Waals surface area (Å²) >= 11 is 0. The molecule has 0 spiro atoms. The summed E-state index contributed by atoms with van der Waals surface area (Å²) in [5.74, 6) is -1.04. The Morgan fingerprint density at radius 1 is 1.00 bits per heavy atom. The van der Waals surface area contributed by atoms with Crippen LogP contribution in [0.5, 0.6) is 11.5 Å². The molecule has 2 aromatic carbocycles. The molecule has 2 rings (SSSR count). The second kappa shape index (κ2) is 8.89. The van der Waals surface area contributed by atoms with Gasteiger partial charge in [0.25, 0.3) is 0 Å². The van der Waals surface area contributed by atoms with Gasteiger partial charge in [-0.05, 0) is 42.3 Å². The molecule has 1 N–H and O–H groups in total. The first kappa shape index (κ1) is 19.3. The smallest absolute Gasteiger partial charge is 0.348 e. The van der Waals surface area contributed by atoms with Crippen molar-refractivity contribution in [2.45, 2.75) is 25.9 Å². The third kappa shape index (κ3) is 4.75. The summed E-state index contributed by atoms with van der Waals surface area (Å²) in [6, 6.07) is 13.5. The van der Waals surface area contributed by atoms with Gasteiger partial charge in [0, 0.05) is 6.92 Å². The Labute approximate surface area is 152 Å². The SMILES string of the molecule is CCOC(=O)[C@H](OC(C)=O)[C@H](c1ccc(O)cc1)c1ccc(OC)cc1. The Morgan fingerprint density at radius 2 is 1.54 bits per heavy atom. The molecule has 6 heteroatoms. The minimum atomic E-state index is -1.15. The molecule has 6 nitrogen and oxygen atoms in total. The van der Waals surface area contributed by atoms with Gasteiger partial charge in [-0.15, -0.1) is 0 Å². The lowest BCUT2D eigenvalue weighted by atomic mass is 9.86. The van der Waals surface area contributed by atoms with Crippen molar-refractivity contribution in [1.29, 1.82) is 0 Å². The number of phenolic OH excluding ortho intramolecular Hbond substituents is 1. The molecule has 0 radical (unpaired) electrons. The van der Waals surface area contributed by atoms with Gasteiger partial charge in [-0.1, -0.05) is 24.3 Å². The maximum Gasteiger partial charge on any atom is 0.348 e. The fraction of sp³-hybridized carbons (Fsp3) is 0.300. The highest BCUT2D eigenvalue weighted by atomic mass is 16.6. The summed E-state index contributed by atoms with van der Waals surface area (Å²) in [5, 5.41) is 9.56. The zero-order valence-electron chi connectivity index (χ0n) is 15.0. The molecule has 0 aliphatic rings. The number of carbonyl (C=O) groups is 2. The zero-order chi connectivity index (χ0) is 19.1. The van der Waals surface area contributed by atoms with Crippen LogP contribution in [0.1, 0.15) is 30.9 Å². The number of hydrogen-bond donors (Lipinski definition) is 1. The predicted octanol–water partition coefficient (Wildman–Crippen LogP) is 3.03. The fourth-order valence-electron chi connectivity index (χ4n) is 2.69. The van der Waals surface area contributed by atoms with Crippen molar-refractivity contribution in [3.63, 3.8) is 0 Å². The molecular formula is C20H22O6. The van der Waals surface area contributed by atoms with Crippen molar-refractivity contribution >= 4 is 11.9 Å². The molecule has 0 saturated heterocycles. The summed E-state index contributed by atoms with van der Waals surface area (Å²) in [6.07, 6.45) is -1.15. The molecular weight excluding hydrogens is 336 g/mol. The molecule has 0 unspecified atom stereocenters. The molecule has 0 amide bonds. The van der Waals surface area contributed by atoms with Gasteiger partial charge >= 0.3 is 11.9 Å². The molecule has 0 aromatic heterocycles. The number of rotatable bonds is 7. The second-order valence-electron chi connectivity index (χ2n) is 5.62. The topological polar surface area (TPSA) is 82.1 Å². The molecule has 0 bridgehead atoms.